The van der Waals surface area contributed by atoms with Crippen LogP contribution < -0.4 is 0 Å². The van der Waals surface area contributed by atoms with Gasteiger partial charge in [0.15, 0.2) is 16.4 Å². The molecule has 2 aliphatic heterocycles. The quantitative estimate of drug-likeness (QED) is 0.475. The number of imide groups is 1. The first kappa shape index (κ1) is 20.0. The zero-order valence-corrected chi connectivity index (χ0v) is 16.1. The van der Waals surface area contributed by atoms with Gasteiger partial charge in [-0.2, -0.15) is 0 Å². The summed E-state index contributed by atoms with van der Waals surface area (Å²) in [6, 6.07) is 5.80. The SMILES string of the molecule is CCN(C(=O)COC(=O)CN1C(=O)c2ccccc2C1=O)C1CCS(=O)(=O)C1. The van der Waals surface area contributed by atoms with E-state index < -0.39 is 52.7 Å². The van der Waals surface area contributed by atoms with Crippen LogP contribution in [-0.2, 0) is 24.2 Å². The first-order valence-electron chi connectivity index (χ1n) is 8.84. The van der Waals surface area contributed by atoms with Crippen molar-refractivity contribution in [2.45, 2.75) is 19.4 Å². The second-order valence-electron chi connectivity index (χ2n) is 6.64. The summed E-state index contributed by atoms with van der Waals surface area (Å²) < 4.78 is 28.1. The van der Waals surface area contributed by atoms with Gasteiger partial charge in [0.25, 0.3) is 17.7 Å². The number of fused-ring (bicyclic) bond motifs is 1. The van der Waals surface area contributed by atoms with Gasteiger partial charge in [-0.1, -0.05) is 12.1 Å². The van der Waals surface area contributed by atoms with Gasteiger partial charge < -0.3 is 9.64 Å². The number of hydrogen-bond acceptors (Lipinski definition) is 7. The fraction of sp³-hybridized carbons (Fsp3) is 0.444. The fourth-order valence-corrected chi connectivity index (χ4v) is 5.17. The third-order valence-corrected chi connectivity index (χ3v) is 6.58. The van der Waals surface area contributed by atoms with Gasteiger partial charge in [0.1, 0.15) is 6.54 Å². The Hall–Kier alpha value is -2.75. The van der Waals surface area contributed by atoms with Crippen molar-refractivity contribution in [3.8, 4) is 0 Å². The number of carbonyl (C=O) groups is 4. The summed E-state index contributed by atoms with van der Waals surface area (Å²) in [6.45, 7) is 0.828. The second kappa shape index (κ2) is 7.70. The van der Waals surface area contributed by atoms with E-state index in [4.69, 9.17) is 4.74 Å². The number of likely N-dealkylation sites (N-methyl/N-ethyl adjacent to an activating group) is 1. The van der Waals surface area contributed by atoms with Crippen molar-refractivity contribution in [2.24, 2.45) is 0 Å². The Bertz CT molecular complexity index is 906. The molecule has 2 heterocycles. The maximum atomic E-state index is 12.3. The summed E-state index contributed by atoms with van der Waals surface area (Å²) in [5, 5.41) is 0. The number of hydrogen-bond donors (Lipinski definition) is 0. The third-order valence-electron chi connectivity index (χ3n) is 4.83. The minimum absolute atomic E-state index is 0.0287. The molecule has 150 valence electrons. The molecule has 0 spiro atoms. The average molecular weight is 408 g/mol. The Kier molecular flexibility index (Phi) is 5.50. The maximum absolute atomic E-state index is 12.3. The Morgan fingerprint density at radius 1 is 1.18 bits per heavy atom. The highest BCUT2D eigenvalue weighted by molar-refractivity contribution is 7.91. The van der Waals surface area contributed by atoms with Crippen molar-refractivity contribution < 1.29 is 32.3 Å². The molecule has 0 saturated carbocycles. The van der Waals surface area contributed by atoms with Crippen molar-refractivity contribution in [3.63, 3.8) is 0 Å². The van der Waals surface area contributed by atoms with Crippen LogP contribution in [0.2, 0.25) is 0 Å². The smallest absolute Gasteiger partial charge is 0.326 e. The van der Waals surface area contributed by atoms with Crippen LogP contribution in [0.4, 0.5) is 0 Å². The normalized spacial score (nSPS) is 20.2. The van der Waals surface area contributed by atoms with Crippen LogP contribution in [0, 0.1) is 0 Å². The van der Waals surface area contributed by atoms with E-state index in [0.29, 0.717) is 6.42 Å². The lowest BCUT2D eigenvalue weighted by Gasteiger charge is -2.26. The Balaban J connectivity index is 1.55. The summed E-state index contributed by atoms with van der Waals surface area (Å²) in [7, 11) is -3.15. The van der Waals surface area contributed by atoms with Gasteiger partial charge in [-0.3, -0.25) is 24.1 Å². The number of ether oxygens (including phenoxy) is 1. The fourth-order valence-electron chi connectivity index (χ4n) is 3.44. The lowest BCUT2D eigenvalue weighted by molar-refractivity contribution is -0.152. The number of carbonyl (C=O) groups excluding carboxylic acids is 4. The van der Waals surface area contributed by atoms with Crippen molar-refractivity contribution in [1.82, 2.24) is 9.80 Å². The molecule has 1 aromatic rings. The number of amides is 3. The molecule has 3 amide bonds. The molecular formula is C18H20N2O7S. The predicted molar refractivity (Wildman–Crippen MR) is 97.2 cm³/mol. The molecule has 1 atom stereocenters. The van der Waals surface area contributed by atoms with Gasteiger partial charge in [-0.05, 0) is 25.5 Å². The highest BCUT2D eigenvalue weighted by atomic mass is 32.2. The zero-order chi connectivity index (χ0) is 20.5. The maximum Gasteiger partial charge on any atom is 0.326 e. The van der Waals surface area contributed by atoms with Crippen LogP contribution in [0.1, 0.15) is 34.1 Å². The van der Waals surface area contributed by atoms with E-state index in [2.05, 4.69) is 0 Å². The molecule has 10 heteroatoms. The average Bonchev–Trinajstić information content (AvgIpc) is 3.13. The molecule has 1 aromatic carbocycles. The summed E-state index contributed by atoms with van der Waals surface area (Å²) in [6.07, 6.45) is 0.352. The van der Waals surface area contributed by atoms with E-state index in [1.54, 1.807) is 19.1 Å². The van der Waals surface area contributed by atoms with E-state index in [1.807, 2.05) is 0 Å². The molecule has 3 rings (SSSR count). The molecule has 0 radical (unpaired) electrons. The predicted octanol–water partition coefficient (Wildman–Crippen LogP) is -0.139. The lowest BCUT2D eigenvalue weighted by Crippen LogP contribution is -2.44. The largest absolute Gasteiger partial charge is 0.454 e. The van der Waals surface area contributed by atoms with Crippen LogP contribution in [0.25, 0.3) is 0 Å². The second-order valence-corrected chi connectivity index (χ2v) is 8.87. The van der Waals surface area contributed by atoms with Crippen molar-refractivity contribution in [1.29, 1.82) is 0 Å². The van der Waals surface area contributed by atoms with Crippen molar-refractivity contribution >= 4 is 33.5 Å². The van der Waals surface area contributed by atoms with Crippen LogP contribution in [-0.4, -0.2) is 79.2 Å². The summed E-state index contributed by atoms with van der Waals surface area (Å²) in [4.78, 5) is 51.0. The van der Waals surface area contributed by atoms with Gasteiger partial charge in [0.05, 0.1) is 22.6 Å². The topological polar surface area (TPSA) is 118 Å². The molecular weight excluding hydrogens is 388 g/mol. The minimum atomic E-state index is -3.15. The number of nitrogens with zero attached hydrogens (tertiary/aromatic N) is 2. The Morgan fingerprint density at radius 3 is 2.29 bits per heavy atom. The van der Waals surface area contributed by atoms with E-state index in [0.717, 1.165) is 4.90 Å². The summed E-state index contributed by atoms with van der Waals surface area (Å²) in [5.41, 5.74) is 0.437. The van der Waals surface area contributed by atoms with E-state index >= 15 is 0 Å². The third kappa shape index (κ3) is 3.91. The molecule has 0 bridgehead atoms. The van der Waals surface area contributed by atoms with Crippen LogP contribution in [0.5, 0.6) is 0 Å². The van der Waals surface area contributed by atoms with Crippen molar-refractivity contribution in [2.75, 3.05) is 31.2 Å². The molecule has 1 unspecified atom stereocenters. The van der Waals surface area contributed by atoms with Gasteiger partial charge in [-0.15, -0.1) is 0 Å². The minimum Gasteiger partial charge on any atom is -0.454 e. The van der Waals surface area contributed by atoms with Gasteiger partial charge in [0, 0.05) is 12.6 Å². The molecule has 9 nitrogen and oxygen atoms in total. The van der Waals surface area contributed by atoms with Gasteiger partial charge in [-0.25, -0.2) is 8.42 Å². The first-order valence-corrected chi connectivity index (χ1v) is 10.7. The molecule has 1 saturated heterocycles. The van der Waals surface area contributed by atoms with E-state index in [9.17, 15) is 27.6 Å². The van der Waals surface area contributed by atoms with Gasteiger partial charge in [0.2, 0.25) is 0 Å². The standard InChI is InChI=1S/C18H20N2O7S/c1-2-19(12-7-8-28(25,26)11-12)15(21)10-27-16(22)9-20-17(23)13-5-3-4-6-14(13)18(20)24/h3-6,12H,2,7-11H2,1H3. The molecule has 2 aliphatic rings. The highest BCUT2D eigenvalue weighted by Gasteiger charge is 2.37. The number of rotatable bonds is 6. The number of esters is 1. The van der Waals surface area contributed by atoms with Crippen LogP contribution in [0.3, 0.4) is 0 Å². The monoisotopic (exact) mass is 408 g/mol. The summed E-state index contributed by atoms with van der Waals surface area (Å²) >= 11 is 0. The van der Waals surface area contributed by atoms with Crippen LogP contribution in [0.15, 0.2) is 24.3 Å². The molecule has 1 fully saturated rings. The molecule has 28 heavy (non-hydrogen) atoms. The lowest BCUT2D eigenvalue weighted by atomic mass is 10.1. The van der Waals surface area contributed by atoms with Crippen molar-refractivity contribution in [3.05, 3.63) is 35.4 Å². The van der Waals surface area contributed by atoms with E-state index in [-0.39, 0.29) is 29.2 Å². The zero-order valence-electron chi connectivity index (χ0n) is 15.3. The molecule has 0 N–H and O–H groups in total. The van der Waals surface area contributed by atoms with Crippen LogP contribution >= 0.6 is 0 Å². The van der Waals surface area contributed by atoms with Gasteiger partial charge >= 0.3 is 5.97 Å². The summed E-state index contributed by atoms with van der Waals surface area (Å²) in [5.74, 6) is -2.65. The molecule has 0 aromatic heterocycles. The Labute approximate surface area is 162 Å². The number of sulfone groups is 1. The molecule has 0 aliphatic carbocycles. The highest BCUT2D eigenvalue weighted by Crippen LogP contribution is 2.22. The first-order chi connectivity index (χ1) is 13.2. The van der Waals surface area contributed by atoms with E-state index in [1.165, 1.54) is 17.0 Å². The Morgan fingerprint density at radius 2 is 1.79 bits per heavy atom. The number of benzene rings is 1.